The third-order valence-corrected chi connectivity index (χ3v) is 9.72. The monoisotopic (exact) mass is 414 g/mol. The SMILES string of the molecule is O=C(CCCc1cn[nH]n1)C[P+](c1ccccc1)(c1ccccc1)c1ccccc1. The number of Topliss-reactive ketones (excluding diaryl/α,β-unsaturated/α-hetero) is 1. The van der Waals surface area contributed by atoms with Crippen molar-refractivity contribution in [3.63, 3.8) is 0 Å². The lowest BCUT2D eigenvalue weighted by Crippen LogP contribution is -2.35. The zero-order chi connectivity index (χ0) is 20.7. The fraction of sp³-hybridized carbons (Fsp3) is 0.160. The number of nitrogens with one attached hydrogen (secondary N) is 1. The van der Waals surface area contributed by atoms with Crippen molar-refractivity contribution < 1.29 is 4.79 Å². The molecule has 1 aromatic heterocycles. The Kier molecular flexibility index (Phi) is 6.46. The molecule has 5 heteroatoms. The summed E-state index contributed by atoms with van der Waals surface area (Å²) in [4.78, 5) is 13.3. The maximum atomic E-state index is 13.3. The number of hydrogen-bond donors (Lipinski definition) is 1. The van der Waals surface area contributed by atoms with Crippen LogP contribution in [-0.2, 0) is 11.2 Å². The van der Waals surface area contributed by atoms with E-state index in [0.717, 1.165) is 18.5 Å². The second-order valence-electron chi connectivity index (χ2n) is 7.33. The zero-order valence-corrected chi connectivity index (χ0v) is 17.7. The molecule has 4 aromatic rings. The minimum absolute atomic E-state index is 0.295. The Morgan fingerprint density at radius 3 is 1.70 bits per heavy atom. The van der Waals surface area contributed by atoms with Crippen LogP contribution in [0, 0.1) is 0 Å². The van der Waals surface area contributed by atoms with Gasteiger partial charge < -0.3 is 0 Å². The number of aromatic amines is 1. The summed E-state index contributed by atoms with van der Waals surface area (Å²) in [6, 6.07) is 31.6. The van der Waals surface area contributed by atoms with Crippen molar-refractivity contribution >= 4 is 29.0 Å². The molecule has 0 bridgehead atoms. The molecule has 4 nitrogen and oxygen atoms in total. The van der Waals surface area contributed by atoms with Gasteiger partial charge >= 0.3 is 0 Å². The average molecular weight is 414 g/mol. The molecule has 0 unspecified atom stereocenters. The average Bonchev–Trinajstić information content (AvgIpc) is 3.33. The van der Waals surface area contributed by atoms with Crippen LogP contribution < -0.4 is 15.9 Å². The molecule has 150 valence electrons. The van der Waals surface area contributed by atoms with Crippen molar-refractivity contribution in [1.29, 1.82) is 0 Å². The fourth-order valence-corrected chi connectivity index (χ4v) is 8.10. The van der Waals surface area contributed by atoms with Crippen molar-refractivity contribution in [3.05, 3.63) is 103 Å². The second-order valence-corrected chi connectivity index (χ2v) is 10.8. The molecular weight excluding hydrogens is 389 g/mol. The number of H-pyrrole nitrogens is 1. The highest BCUT2D eigenvalue weighted by Gasteiger charge is 2.46. The Bertz CT molecular complexity index is 955. The molecule has 0 saturated heterocycles. The van der Waals surface area contributed by atoms with E-state index in [0.29, 0.717) is 18.4 Å². The molecule has 0 atom stereocenters. The predicted molar refractivity (Wildman–Crippen MR) is 124 cm³/mol. The summed E-state index contributed by atoms with van der Waals surface area (Å²) in [7, 11) is -2.09. The smallest absolute Gasteiger partial charge is 0.171 e. The summed E-state index contributed by atoms with van der Waals surface area (Å²) in [5, 5.41) is 14.3. The minimum Gasteiger partial charge on any atom is -0.296 e. The molecule has 0 fully saturated rings. The van der Waals surface area contributed by atoms with Gasteiger partial charge in [-0.15, -0.1) is 0 Å². The van der Waals surface area contributed by atoms with Gasteiger partial charge in [-0.3, -0.25) is 4.79 Å². The number of ketones is 1. The highest BCUT2D eigenvalue weighted by molar-refractivity contribution is 7.96. The molecule has 1 heterocycles. The maximum Gasteiger partial charge on any atom is 0.171 e. The van der Waals surface area contributed by atoms with Crippen molar-refractivity contribution in [1.82, 2.24) is 15.4 Å². The van der Waals surface area contributed by atoms with Gasteiger partial charge in [-0.2, -0.15) is 15.4 Å². The molecular formula is C25H25N3OP+. The van der Waals surface area contributed by atoms with Crippen LogP contribution in [0.1, 0.15) is 18.5 Å². The van der Waals surface area contributed by atoms with Crippen LogP contribution in [0.15, 0.2) is 97.2 Å². The van der Waals surface area contributed by atoms with Crippen molar-refractivity contribution in [2.75, 3.05) is 6.16 Å². The van der Waals surface area contributed by atoms with Gasteiger partial charge in [-0.1, -0.05) is 54.6 Å². The number of benzene rings is 3. The van der Waals surface area contributed by atoms with Crippen LogP contribution in [0.3, 0.4) is 0 Å². The Morgan fingerprint density at radius 2 is 1.27 bits per heavy atom. The third-order valence-electron chi connectivity index (χ3n) is 5.36. The lowest BCUT2D eigenvalue weighted by molar-refractivity contribution is -0.116. The van der Waals surface area contributed by atoms with E-state index in [1.807, 2.05) is 18.2 Å². The first-order chi connectivity index (χ1) is 14.8. The molecule has 0 spiro atoms. The Labute approximate surface area is 177 Å². The van der Waals surface area contributed by atoms with E-state index in [1.54, 1.807) is 6.20 Å². The number of aryl methyl sites for hydroxylation is 1. The fourth-order valence-electron chi connectivity index (χ4n) is 3.92. The molecule has 0 radical (unpaired) electrons. The first-order valence-corrected chi connectivity index (χ1v) is 12.2. The molecule has 30 heavy (non-hydrogen) atoms. The van der Waals surface area contributed by atoms with E-state index >= 15 is 0 Å². The third kappa shape index (κ3) is 4.39. The lowest BCUT2D eigenvalue weighted by Gasteiger charge is -2.27. The summed E-state index contributed by atoms with van der Waals surface area (Å²) in [6.45, 7) is 0. The van der Waals surface area contributed by atoms with Crippen LogP contribution in [0.25, 0.3) is 0 Å². The standard InChI is InChI=1S/C25H25N3OP/c29-22(12-10-11-21-19-26-28-27-21)20-30(23-13-4-1-5-14-23,24-15-6-2-7-16-24)25-17-8-3-9-18-25/h1-9,13-19H,10-12,20H2,(H,26,27,28)/q+1. The largest absolute Gasteiger partial charge is 0.296 e. The van der Waals surface area contributed by atoms with Crippen molar-refractivity contribution in [3.8, 4) is 0 Å². The van der Waals surface area contributed by atoms with Gasteiger partial charge in [0.05, 0.1) is 11.9 Å². The highest BCUT2D eigenvalue weighted by atomic mass is 31.2. The molecule has 3 aromatic carbocycles. The Balaban J connectivity index is 1.70. The summed E-state index contributed by atoms with van der Waals surface area (Å²) < 4.78 is 0. The summed E-state index contributed by atoms with van der Waals surface area (Å²) in [5.41, 5.74) is 0.901. The first kappa shape index (κ1) is 20.2. The normalized spacial score (nSPS) is 11.3. The van der Waals surface area contributed by atoms with E-state index in [9.17, 15) is 4.79 Å². The molecule has 1 N–H and O–H groups in total. The number of rotatable bonds is 9. The van der Waals surface area contributed by atoms with Gasteiger partial charge in [0, 0.05) is 6.42 Å². The molecule has 0 aliphatic rings. The van der Waals surface area contributed by atoms with Crippen LogP contribution in [0.2, 0.25) is 0 Å². The number of carbonyl (C=O) groups excluding carboxylic acids is 1. The maximum absolute atomic E-state index is 13.3. The zero-order valence-electron chi connectivity index (χ0n) is 16.8. The Hall–Kier alpha value is -3.10. The van der Waals surface area contributed by atoms with Gasteiger partial charge in [0.1, 0.15) is 29.3 Å². The van der Waals surface area contributed by atoms with Crippen LogP contribution in [0.4, 0.5) is 0 Å². The second kappa shape index (κ2) is 9.60. The molecule has 0 aliphatic carbocycles. The minimum atomic E-state index is -2.09. The van der Waals surface area contributed by atoms with Crippen LogP contribution in [0.5, 0.6) is 0 Å². The topological polar surface area (TPSA) is 58.6 Å². The van der Waals surface area contributed by atoms with Crippen LogP contribution >= 0.6 is 7.26 Å². The number of hydrogen-bond acceptors (Lipinski definition) is 3. The van der Waals surface area contributed by atoms with Gasteiger partial charge in [0.15, 0.2) is 5.78 Å². The van der Waals surface area contributed by atoms with Gasteiger partial charge in [-0.05, 0) is 49.2 Å². The Morgan fingerprint density at radius 1 is 0.767 bits per heavy atom. The summed E-state index contributed by atoms with van der Waals surface area (Å²) in [6.07, 6.45) is 4.34. The molecule has 0 amide bonds. The number of nitrogens with zero attached hydrogens (tertiary/aromatic N) is 2. The predicted octanol–water partition coefficient (Wildman–Crippen LogP) is 3.69. The van der Waals surface area contributed by atoms with Crippen molar-refractivity contribution in [2.45, 2.75) is 19.3 Å². The molecule has 0 saturated carbocycles. The number of aromatic nitrogens is 3. The lowest BCUT2D eigenvalue weighted by atomic mass is 10.1. The van der Waals surface area contributed by atoms with Gasteiger partial charge in [0.25, 0.3) is 0 Å². The van der Waals surface area contributed by atoms with E-state index in [1.165, 1.54) is 15.9 Å². The van der Waals surface area contributed by atoms with Gasteiger partial charge in [-0.25, -0.2) is 0 Å². The summed E-state index contributed by atoms with van der Waals surface area (Å²) in [5.74, 6) is 0.295. The quantitative estimate of drug-likeness (QED) is 0.425. The van der Waals surface area contributed by atoms with E-state index in [4.69, 9.17) is 0 Å². The number of carbonyl (C=O) groups is 1. The van der Waals surface area contributed by atoms with Crippen molar-refractivity contribution in [2.24, 2.45) is 0 Å². The van der Waals surface area contributed by atoms with E-state index in [2.05, 4.69) is 88.2 Å². The molecule has 0 aliphatic heterocycles. The van der Waals surface area contributed by atoms with E-state index < -0.39 is 7.26 Å². The summed E-state index contributed by atoms with van der Waals surface area (Å²) >= 11 is 0. The highest BCUT2D eigenvalue weighted by Crippen LogP contribution is 2.55. The van der Waals surface area contributed by atoms with E-state index in [-0.39, 0.29) is 0 Å². The van der Waals surface area contributed by atoms with Crippen LogP contribution in [-0.4, -0.2) is 27.4 Å². The van der Waals surface area contributed by atoms with Gasteiger partial charge in [0.2, 0.25) is 0 Å². The first-order valence-electron chi connectivity index (χ1n) is 10.2. The molecule has 4 rings (SSSR count).